The Labute approximate surface area is 111 Å². The summed E-state index contributed by atoms with van der Waals surface area (Å²) in [5.41, 5.74) is 5.96. The third kappa shape index (κ3) is 3.25. The molecule has 0 heterocycles. The van der Waals surface area contributed by atoms with Gasteiger partial charge >= 0.3 is 0 Å². The molecule has 0 aromatic carbocycles. The summed E-state index contributed by atoms with van der Waals surface area (Å²) in [7, 11) is 0. The average molecular weight is 252 g/mol. The van der Waals surface area contributed by atoms with E-state index in [1.807, 2.05) is 0 Å². The second-order valence-corrected chi connectivity index (χ2v) is 6.44. The highest BCUT2D eigenvalue weighted by Crippen LogP contribution is 2.42. The second-order valence-electron chi connectivity index (χ2n) is 6.44. The van der Waals surface area contributed by atoms with E-state index >= 15 is 0 Å². The normalized spacial score (nSPS) is 30.6. The molecule has 0 aromatic rings. The Morgan fingerprint density at radius 1 is 1.33 bits per heavy atom. The Hall–Kier alpha value is -0.570. The molecule has 3 nitrogen and oxygen atoms in total. The number of carbonyl (C=O) groups is 1. The van der Waals surface area contributed by atoms with Gasteiger partial charge in [-0.1, -0.05) is 32.6 Å². The van der Waals surface area contributed by atoms with Crippen LogP contribution in [0.15, 0.2) is 0 Å². The van der Waals surface area contributed by atoms with E-state index in [0.29, 0.717) is 19.0 Å². The maximum absolute atomic E-state index is 12.1. The Kier molecular flexibility index (Phi) is 4.66. The molecule has 0 bridgehead atoms. The molecule has 2 atom stereocenters. The van der Waals surface area contributed by atoms with Crippen LogP contribution in [0.1, 0.15) is 64.7 Å². The van der Waals surface area contributed by atoms with Gasteiger partial charge in [0.25, 0.3) is 0 Å². The van der Waals surface area contributed by atoms with E-state index in [-0.39, 0.29) is 11.3 Å². The summed E-state index contributed by atoms with van der Waals surface area (Å²) in [5.74, 6) is 1.05. The Bertz CT molecular complexity index is 281. The van der Waals surface area contributed by atoms with Gasteiger partial charge in [-0.2, -0.15) is 0 Å². The fourth-order valence-electron chi connectivity index (χ4n) is 3.54. The largest absolute Gasteiger partial charge is 0.353 e. The topological polar surface area (TPSA) is 55.1 Å². The highest BCUT2D eigenvalue weighted by molar-refractivity contribution is 5.77. The molecule has 2 aliphatic rings. The number of nitrogens with two attached hydrogens (primary N) is 1. The van der Waals surface area contributed by atoms with Gasteiger partial charge in [0.1, 0.15) is 0 Å². The van der Waals surface area contributed by atoms with Gasteiger partial charge in [-0.15, -0.1) is 0 Å². The van der Waals surface area contributed by atoms with Crippen LogP contribution < -0.4 is 11.1 Å². The summed E-state index contributed by atoms with van der Waals surface area (Å²) in [6, 6.07) is 0.422. The van der Waals surface area contributed by atoms with Gasteiger partial charge in [0, 0.05) is 12.5 Å². The first-order chi connectivity index (χ1) is 8.67. The molecule has 0 aromatic heterocycles. The summed E-state index contributed by atoms with van der Waals surface area (Å²) < 4.78 is 0. The van der Waals surface area contributed by atoms with Crippen molar-refractivity contribution in [2.45, 2.75) is 70.8 Å². The van der Waals surface area contributed by atoms with Crippen LogP contribution in [0.2, 0.25) is 0 Å². The predicted octanol–water partition coefficient (Wildman–Crippen LogP) is 2.59. The molecule has 0 aliphatic heterocycles. The highest BCUT2D eigenvalue weighted by atomic mass is 16.1. The van der Waals surface area contributed by atoms with Crippen LogP contribution in [-0.4, -0.2) is 18.5 Å². The Morgan fingerprint density at radius 2 is 2.11 bits per heavy atom. The van der Waals surface area contributed by atoms with Crippen molar-refractivity contribution < 1.29 is 4.79 Å². The highest BCUT2D eigenvalue weighted by Gasteiger charge is 2.38. The lowest BCUT2D eigenvalue weighted by molar-refractivity contribution is -0.125. The van der Waals surface area contributed by atoms with E-state index in [0.717, 1.165) is 25.2 Å². The third-order valence-corrected chi connectivity index (χ3v) is 5.11. The van der Waals surface area contributed by atoms with Crippen molar-refractivity contribution in [3.63, 3.8) is 0 Å². The molecular weight excluding hydrogens is 224 g/mol. The Balaban J connectivity index is 1.76. The fraction of sp³-hybridized carbons (Fsp3) is 0.933. The van der Waals surface area contributed by atoms with Gasteiger partial charge in [-0.3, -0.25) is 4.79 Å². The van der Waals surface area contributed by atoms with Crippen LogP contribution in [0, 0.1) is 11.3 Å². The van der Waals surface area contributed by atoms with Crippen molar-refractivity contribution in [1.82, 2.24) is 5.32 Å². The van der Waals surface area contributed by atoms with Crippen molar-refractivity contribution >= 4 is 5.91 Å². The van der Waals surface area contributed by atoms with Gasteiger partial charge in [-0.25, -0.2) is 0 Å². The van der Waals surface area contributed by atoms with Crippen LogP contribution >= 0.6 is 0 Å². The Morgan fingerprint density at radius 3 is 2.67 bits per heavy atom. The van der Waals surface area contributed by atoms with Crippen LogP contribution in [0.3, 0.4) is 0 Å². The molecule has 2 fully saturated rings. The maximum Gasteiger partial charge on any atom is 0.220 e. The standard InChI is InChI=1S/C15H28N2O/c1-2-12-5-3-6-13(9-12)17-14(18)10-15(11-16)7-4-8-15/h12-13H,2-11,16H2,1H3,(H,17,18). The molecule has 0 radical (unpaired) electrons. The van der Waals surface area contributed by atoms with E-state index in [1.54, 1.807) is 0 Å². The number of carbonyl (C=O) groups excluding carboxylic acids is 1. The molecule has 2 saturated carbocycles. The summed E-state index contributed by atoms with van der Waals surface area (Å²) >= 11 is 0. The first-order valence-electron chi connectivity index (χ1n) is 7.67. The first-order valence-corrected chi connectivity index (χ1v) is 7.67. The quantitative estimate of drug-likeness (QED) is 0.790. The zero-order valence-corrected chi connectivity index (χ0v) is 11.7. The van der Waals surface area contributed by atoms with Crippen LogP contribution in [0.25, 0.3) is 0 Å². The van der Waals surface area contributed by atoms with E-state index in [9.17, 15) is 4.79 Å². The molecule has 1 amide bonds. The van der Waals surface area contributed by atoms with Gasteiger partial charge in [-0.05, 0) is 43.6 Å². The lowest BCUT2D eigenvalue weighted by Gasteiger charge is -2.41. The molecule has 0 spiro atoms. The minimum absolute atomic E-state index is 0.142. The van der Waals surface area contributed by atoms with E-state index in [2.05, 4.69) is 12.2 Å². The van der Waals surface area contributed by atoms with Crippen molar-refractivity contribution in [2.75, 3.05) is 6.54 Å². The number of hydrogen-bond donors (Lipinski definition) is 2. The molecule has 2 aliphatic carbocycles. The second kappa shape index (κ2) is 6.05. The first kappa shape index (κ1) is 13.9. The number of hydrogen-bond acceptors (Lipinski definition) is 2. The van der Waals surface area contributed by atoms with Crippen molar-refractivity contribution in [3.8, 4) is 0 Å². The molecule has 104 valence electrons. The van der Waals surface area contributed by atoms with Gasteiger partial charge in [0.2, 0.25) is 5.91 Å². The van der Waals surface area contributed by atoms with Gasteiger partial charge in [0.05, 0.1) is 0 Å². The smallest absolute Gasteiger partial charge is 0.220 e. The lowest BCUT2D eigenvalue weighted by Crippen LogP contribution is -2.45. The SMILES string of the molecule is CCC1CCCC(NC(=O)CC2(CN)CCC2)C1. The minimum atomic E-state index is 0.142. The van der Waals surface area contributed by atoms with Crippen molar-refractivity contribution in [2.24, 2.45) is 17.1 Å². The molecule has 2 rings (SSSR count). The zero-order chi connectivity index (χ0) is 13.0. The predicted molar refractivity (Wildman–Crippen MR) is 74.1 cm³/mol. The van der Waals surface area contributed by atoms with E-state index in [1.165, 1.54) is 32.1 Å². The monoisotopic (exact) mass is 252 g/mol. The maximum atomic E-state index is 12.1. The number of nitrogens with one attached hydrogen (secondary N) is 1. The molecule has 3 N–H and O–H groups in total. The lowest BCUT2D eigenvalue weighted by atomic mass is 9.66. The summed E-state index contributed by atoms with van der Waals surface area (Å²) in [6.45, 7) is 2.93. The molecule has 0 saturated heterocycles. The van der Waals surface area contributed by atoms with Gasteiger partial charge < -0.3 is 11.1 Å². The molecule has 2 unspecified atom stereocenters. The fourth-order valence-corrected chi connectivity index (χ4v) is 3.54. The molecule has 3 heteroatoms. The zero-order valence-electron chi connectivity index (χ0n) is 11.7. The van der Waals surface area contributed by atoms with Gasteiger partial charge in [0.15, 0.2) is 0 Å². The number of amides is 1. The van der Waals surface area contributed by atoms with Crippen molar-refractivity contribution in [3.05, 3.63) is 0 Å². The number of rotatable bonds is 5. The molecule has 18 heavy (non-hydrogen) atoms. The van der Waals surface area contributed by atoms with E-state index < -0.39 is 0 Å². The summed E-state index contributed by atoms with van der Waals surface area (Å²) in [5, 5.41) is 3.25. The third-order valence-electron chi connectivity index (χ3n) is 5.11. The van der Waals surface area contributed by atoms with Crippen LogP contribution in [-0.2, 0) is 4.79 Å². The molecular formula is C15H28N2O. The summed E-state index contributed by atoms with van der Waals surface area (Å²) in [6.07, 6.45) is 10.4. The average Bonchev–Trinajstić information content (AvgIpc) is 2.34. The van der Waals surface area contributed by atoms with Crippen LogP contribution in [0.4, 0.5) is 0 Å². The van der Waals surface area contributed by atoms with Crippen LogP contribution in [0.5, 0.6) is 0 Å². The van der Waals surface area contributed by atoms with Crippen molar-refractivity contribution in [1.29, 1.82) is 0 Å². The van der Waals surface area contributed by atoms with E-state index in [4.69, 9.17) is 5.73 Å². The summed E-state index contributed by atoms with van der Waals surface area (Å²) in [4.78, 5) is 12.1. The minimum Gasteiger partial charge on any atom is -0.353 e.